The average molecular weight is 437 g/mol. The Morgan fingerprint density at radius 2 is 1.46 bits per heavy atom. The molecule has 0 aliphatic carbocycles. The predicted octanol–water partition coefficient (Wildman–Crippen LogP) is 5.72. The summed E-state index contributed by atoms with van der Waals surface area (Å²) in [5.41, 5.74) is 0. The maximum absolute atomic E-state index is 4.29. The number of hydrogen-bond donors (Lipinski definition) is 3. The Bertz CT molecular complexity index is 444. The van der Waals surface area contributed by atoms with E-state index >= 15 is 0 Å². The molecule has 1 heterocycles. The fraction of sp³-hybridized carbons (Fsp3) is 0.810. The molecular formula is C21H41N4NaS2. The van der Waals surface area contributed by atoms with Crippen molar-refractivity contribution >= 4 is 66.5 Å². The van der Waals surface area contributed by atoms with Crippen molar-refractivity contribution in [3.05, 3.63) is 12.2 Å². The van der Waals surface area contributed by atoms with E-state index < -0.39 is 0 Å². The third-order valence-corrected chi connectivity index (χ3v) is 5.56. The van der Waals surface area contributed by atoms with Crippen LogP contribution in [0.15, 0.2) is 22.1 Å². The van der Waals surface area contributed by atoms with E-state index in [9.17, 15) is 0 Å². The first-order valence-corrected chi connectivity index (χ1v) is 11.7. The monoisotopic (exact) mass is 436 g/mol. The molecule has 1 unspecified atom stereocenters. The molecule has 0 aromatic rings. The first-order chi connectivity index (χ1) is 13.2. The minimum atomic E-state index is -0.205. The third kappa shape index (κ3) is 16.3. The molecule has 0 spiro atoms. The Balaban J connectivity index is 0.00000729. The van der Waals surface area contributed by atoms with E-state index in [0.717, 1.165) is 6.54 Å². The maximum atomic E-state index is 4.29. The molecule has 0 fully saturated rings. The molecule has 158 valence electrons. The van der Waals surface area contributed by atoms with Gasteiger partial charge in [0.05, 0.1) is 0 Å². The van der Waals surface area contributed by atoms with E-state index in [2.05, 4.69) is 59.8 Å². The Morgan fingerprint density at radius 1 is 0.929 bits per heavy atom. The van der Waals surface area contributed by atoms with Gasteiger partial charge in [0.1, 0.15) is 6.34 Å². The van der Waals surface area contributed by atoms with Crippen molar-refractivity contribution in [1.82, 2.24) is 9.62 Å². The van der Waals surface area contributed by atoms with Crippen molar-refractivity contribution in [3.63, 3.8) is 0 Å². The van der Waals surface area contributed by atoms with Gasteiger partial charge in [-0.25, -0.2) is 9.98 Å². The van der Waals surface area contributed by atoms with E-state index in [4.69, 9.17) is 0 Å². The van der Waals surface area contributed by atoms with E-state index in [1.807, 2.05) is 0 Å². The number of aliphatic imine (C=N–C) groups is 2. The zero-order chi connectivity index (χ0) is 19.6. The van der Waals surface area contributed by atoms with Crippen LogP contribution >= 0.6 is 25.4 Å². The zero-order valence-corrected chi connectivity index (χ0v) is 18.9. The molecule has 7 heteroatoms. The molecule has 1 rings (SSSR count). The van der Waals surface area contributed by atoms with Crippen LogP contribution in [0, 0.1) is 0 Å². The summed E-state index contributed by atoms with van der Waals surface area (Å²) in [5.74, 6) is 0. The first kappa shape index (κ1) is 28.5. The Hall–Kier alpha value is 0.540. The zero-order valence-electron chi connectivity index (χ0n) is 17.2. The standard InChI is InChI=1S/C21H40N4S2.Na.H/c1-2-3-4-5-6-7-8-9-10-11-12-13-14-15-16-17-18-22-20-23-19-25(27)21(26)24-20;;/h9-10,19-20,22,27H,2-8,11-18H2,1H3,(H,24,26);;/b10-9-;;. The first-order valence-electron chi connectivity index (χ1n) is 10.9. The molecule has 0 bridgehead atoms. The SMILES string of the molecule is CCCCCCCC/C=C\CCCCCCCCNC1N=CN(S)C(S)=N1.[NaH]. The van der Waals surface area contributed by atoms with Gasteiger partial charge in [0.2, 0.25) is 0 Å². The van der Waals surface area contributed by atoms with Crippen molar-refractivity contribution < 1.29 is 0 Å². The summed E-state index contributed by atoms with van der Waals surface area (Å²) < 4.78 is 1.51. The van der Waals surface area contributed by atoms with Crippen LogP contribution in [0.5, 0.6) is 0 Å². The van der Waals surface area contributed by atoms with Gasteiger partial charge in [-0.15, -0.1) is 12.6 Å². The molecular weight excluding hydrogens is 395 g/mol. The topological polar surface area (TPSA) is 40.0 Å². The number of allylic oxidation sites excluding steroid dienone is 2. The molecule has 0 amide bonds. The number of nitrogens with one attached hydrogen (secondary N) is 1. The van der Waals surface area contributed by atoms with Gasteiger partial charge in [0, 0.05) is 0 Å². The summed E-state index contributed by atoms with van der Waals surface area (Å²) in [5, 5.41) is 3.89. The molecule has 0 saturated heterocycles. The van der Waals surface area contributed by atoms with Crippen molar-refractivity contribution in [1.29, 1.82) is 0 Å². The molecule has 28 heavy (non-hydrogen) atoms. The van der Waals surface area contributed by atoms with Crippen molar-refractivity contribution in [2.45, 2.75) is 103 Å². The predicted molar refractivity (Wildman–Crippen MR) is 134 cm³/mol. The minimum absolute atomic E-state index is 0. The fourth-order valence-corrected chi connectivity index (χ4v) is 3.35. The van der Waals surface area contributed by atoms with Crippen molar-refractivity contribution in [2.75, 3.05) is 6.54 Å². The van der Waals surface area contributed by atoms with Crippen LogP contribution in [0.1, 0.15) is 96.8 Å². The van der Waals surface area contributed by atoms with Crippen LogP contribution in [-0.4, -0.2) is 58.2 Å². The second-order valence-corrected chi connectivity index (χ2v) is 8.13. The van der Waals surface area contributed by atoms with Gasteiger partial charge in [-0.05, 0) is 38.6 Å². The molecule has 1 aliphatic rings. The van der Waals surface area contributed by atoms with Gasteiger partial charge >= 0.3 is 29.6 Å². The summed E-state index contributed by atoms with van der Waals surface area (Å²) in [4.78, 5) is 8.53. The van der Waals surface area contributed by atoms with Gasteiger partial charge in [-0.1, -0.05) is 89.7 Å². The molecule has 1 N–H and O–H groups in total. The quantitative estimate of drug-likeness (QED) is 0.118. The molecule has 0 radical (unpaired) electrons. The number of thiol groups is 2. The number of rotatable bonds is 17. The second-order valence-electron chi connectivity index (χ2n) is 7.30. The van der Waals surface area contributed by atoms with E-state index in [1.165, 1.54) is 94.2 Å². The van der Waals surface area contributed by atoms with Gasteiger partial charge < -0.3 is 0 Å². The van der Waals surface area contributed by atoms with E-state index in [1.54, 1.807) is 6.34 Å². The second kappa shape index (κ2) is 20.8. The number of amidine groups is 1. The summed E-state index contributed by atoms with van der Waals surface area (Å²) in [6.07, 6.45) is 24.9. The van der Waals surface area contributed by atoms with Crippen LogP contribution in [0.4, 0.5) is 0 Å². The summed E-state index contributed by atoms with van der Waals surface area (Å²) in [7, 11) is 0. The number of hydrogen-bond acceptors (Lipinski definition) is 5. The Labute approximate surface area is 206 Å². The Kier molecular flexibility index (Phi) is 21.2. The van der Waals surface area contributed by atoms with Crippen LogP contribution in [0.3, 0.4) is 0 Å². The molecule has 1 atom stereocenters. The number of nitrogens with zero attached hydrogens (tertiary/aromatic N) is 3. The summed E-state index contributed by atoms with van der Waals surface area (Å²) >= 11 is 8.39. The average Bonchev–Trinajstić information content (AvgIpc) is 2.67. The van der Waals surface area contributed by atoms with E-state index in [-0.39, 0.29) is 35.8 Å². The number of unbranched alkanes of at least 4 members (excludes halogenated alkanes) is 12. The van der Waals surface area contributed by atoms with Crippen LogP contribution < -0.4 is 5.32 Å². The Morgan fingerprint density at radius 3 is 2.04 bits per heavy atom. The van der Waals surface area contributed by atoms with Crippen LogP contribution in [-0.2, 0) is 0 Å². The van der Waals surface area contributed by atoms with Gasteiger partial charge in [0.15, 0.2) is 11.5 Å². The van der Waals surface area contributed by atoms with Crippen molar-refractivity contribution in [2.24, 2.45) is 9.98 Å². The van der Waals surface area contributed by atoms with Crippen molar-refractivity contribution in [3.8, 4) is 0 Å². The van der Waals surface area contributed by atoms with Gasteiger partial charge in [-0.2, -0.15) is 0 Å². The summed E-state index contributed by atoms with van der Waals surface area (Å²) in [6, 6.07) is 0. The van der Waals surface area contributed by atoms with Crippen LogP contribution in [0.25, 0.3) is 0 Å². The van der Waals surface area contributed by atoms with Crippen LogP contribution in [0.2, 0.25) is 0 Å². The molecule has 4 nitrogen and oxygen atoms in total. The van der Waals surface area contributed by atoms with Gasteiger partial charge in [-0.3, -0.25) is 9.62 Å². The molecule has 0 aromatic carbocycles. The molecule has 0 aromatic heterocycles. The normalized spacial score (nSPS) is 16.5. The third-order valence-electron chi connectivity index (χ3n) is 4.78. The summed E-state index contributed by atoms with van der Waals surface area (Å²) in [6.45, 7) is 3.22. The van der Waals surface area contributed by atoms with Gasteiger partial charge in [0.25, 0.3) is 0 Å². The molecule has 1 aliphatic heterocycles. The van der Waals surface area contributed by atoms with E-state index in [0.29, 0.717) is 5.17 Å². The fourth-order valence-electron chi connectivity index (χ4n) is 3.08. The molecule has 0 saturated carbocycles.